The van der Waals surface area contributed by atoms with Crippen molar-refractivity contribution in [2.45, 2.75) is 39.3 Å². The number of nitrogens with one attached hydrogen (secondary N) is 1. The number of hydrogen-bond acceptors (Lipinski definition) is 5. The number of carbonyl (C=O) groups is 2. The van der Waals surface area contributed by atoms with E-state index in [0.29, 0.717) is 23.7 Å². The van der Waals surface area contributed by atoms with Crippen LogP contribution in [0, 0.1) is 0 Å². The number of benzene rings is 3. The van der Waals surface area contributed by atoms with Gasteiger partial charge < -0.3 is 15.0 Å². The van der Waals surface area contributed by atoms with Gasteiger partial charge in [-0.05, 0) is 67.4 Å². The van der Waals surface area contributed by atoms with Crippen molar-refractivity contribution in [2.24, 2.45) is 0 Å². The van der Waals surface area contributed by atoms with Crippen LogP contribution >= 0.6 is 15.9 Å². The van der Waals surface area contributed by atoms with Crippen molar-refractivity contribution in [1.29, 1.82) is 0 Å². The quantitative estimate of drug-likeness (QED) is 0.262. The number of para-hydroxylation sites is 1. The van der Waals surface area contributed by atoms with Crippen molar-refractivity contribution in [3.05, 3.63) is 88.9 Å². The molecular weight excluding hydrogens is 582 g/mol. The summed E-state index contributed by atoms with van der Waals surface area (Å²) in [6, 6.07) is 22.3. The first-order valence-corrected chi connectivity index (χ1v) is 15.3. The molecule has 208 valence electrons. The topological polar surface area (TPSA) is 96.0 Å². The molecule has 0 radical (unpaired) electrons. The number of nitrogens with zero attached hydrogens (tertiary/aromatic N) is 2. The summed E-state index contributed by atoms with van der Waals surface area (Å²) in [7, 11) is -3.82. The molecule has 0 aliphatic heterocycles. The third-order valence-corrected chi connectivity index (χ3v) is 7.66. The number of rotatable bonds is 13. The van der Waals surface area contributed by atoms with Gasteiger partial charge in [0.2, 0.25) is 21.8 Å². The van der Waals surface area contributed by atoms with Crippen LogP contribution in [0.15, 0.2) is 83.3 Å². The zero-order chi connectivity index (χ0) is 28.4. The standard InChI is InChI=1S/C29H34BrN3O5S/c1-4-5-18-31-29(35)22(2)32(20-23-10-9-11-24(30)19-23)28(34)21-33(39(3,36)37)25-14-16-27(17-15-25)38-26-12-7-6-8-13-26/h6-17,19,22H,4-5,18,20-21H2,1-3H3,(H,31,35)/t22-/m1/s1. The molecule has 0 aliphatic rings. The van der Waals surface area contributed by atoms with E-state index in [1.165, 1.54) is 4.90 Å². The SMILES string of the molecule is CCCCNC(=O)[C@@H](C)N(Cc1cccc(Br)c1)C(=O)CN(c1ccc(Oc2ccccc2)cc1)S(C)(=O)=O. The highest BCUT2D eigenvalue weighted by atomic mass is 79.9. The first-order chi connectivity index (χ1) is 18.6. The highest BCUT2D eigenvalue weighted by Gasteiger charge is 2.30. The van der Waals surface area contributed by atoms with Gasteiger partial charge in [-0.3, -0.25) is 13.9 Å². The molecule has 0 unspecified atom stereocenters. The van der Waals surface area contributed by atoms with Crippen LogP contribution in [0.2, 0.25) is 0 Å². The Hall–Kier alpha value is -3.37. The minimum absolute atomic E-state index is 0.141. The lowest BCUT2D eigenvalue weighted by Gasteiger charge is -2.31. The number of carbonyl (C=O) groups excluding carboxylic acids is 2. The molecule has 1 atom stereocenters. The highest BCUT2D eigenvalue weighted by Crippen LogP contribution is 2.26. The molecule has 0 fully saturated rings. The summed E-state index contributed by atoms with van der Waals surface area (Å²) >= 11 is 3.44. The summed E-state index contributed by atoms with van der Waals surface area (Å²) in [4.78, 5) is 28.0. The van der Waals surface area contributed by atoms with Crippen molar-refractivity contribution in [1.82, 2.24) is 10.2 Å². The van der Waals surface area contributed by atoms with Crippen molar-refractivity contribution in [2.75, 3.05) is 23.7 Å². The average Bonchev–Trinajstić information content (AvgIpc) is 2.90. The first-order valence-electron chi connectivity index (χ1n) is 12.7. The number of sulfonamides is 1. The van der Waals surface area contributed by atoms with Crippen molar-refractivity contribution in [3.63, 3.8) is 0 Å². The Morgan fingerprint density at radius 2 is 1.64 bits per heavy atom. The van der Waals surface area contributed by atoms with Crippen molar-refractivity contribution >= 4 is 43.5 Å². The van der Waals surface area contributed by atoms with Crippen LogP contribution in [0.4, 0.5) is 5.69 Å². The van der Waals surface area contributed by atoms with Gasteiger partial charge in [0.25, 0.3) is 0 Å². The highest BCUT2D eigenvalue weighted by molar-refractivity contribution is 9.10. The van der Waals surface area contributed by atoms with Gasteiger partial charge in [0.05, 0.1) is 11.9 Å². The van der Waals surface area contributed by atoms with Crippen LogP contribution in [0.1, 0.15) is 32.3 Å². The number of anilines is 1. The number of ether oxygens (including phenoxy) is 1. The smallest absolute Gasteiger partial charge is 0.244 e. The lowest BCUT2D eigenvalue weighted by atomic mass is 10.1. The second kappa shape index (κ2) is 14.1. The Morgan fingerprint density at radius 3 is 2.26 bits per heavy atom. The summed E-state index contributed by atoms with van der Waals surface area (Å²) in [6.07, 6.45) is 2.80. The maximum atomic E-state index is 13.7. The van der Waals surface area contributed by atoms with E-state index in [1.807, 2.05) is 61.5 Å². The van der Waals surface area contributed by atoms with Gasteiger partial charge in [0.1, 0.15) is 24.1 Å². The monoisotopic (exact) mass is 615 g/mol. The average molecular weight is 617 g/mol. The lowest BCUT2D eigenvalue weighted by Crippen LogP contribution is -2.51. The Kier molecular flexibility index (Phi) is 10.9. The van der Waals surface area contributed by atoms with E-state index in [0.717, 1.165) is 33.4 Å². The molecule has 1 N–H and O–H groups in total. The van der Waals surface area contributed by atoms with Gasteiger partial charge in [-0.2, -0.15) is 0 Å². The molecule has 0 spiro atoms. The predicted molar refractivity (Wildman–Crippen MR) is 157 cm³/mol. The third kappa shape index (κ3) is 9.11. The maximum absolute atomic E-state index is 13.7. The predicted octanol–water partition coefficient (Wildman–Crippen LogP) is 5.34. The summed E-state index contributed by atoms with van der Waals surface area (Å²) < 4.78 is 33.2. The second-order valence-electron chi connectivity index (χ2n) is 9.15. The van der Waals surface area contributed by atoms with E-state index in [-0.39, 0.29) is 12.5 Å². The third-order valence-electron chi connectivity index (χ3n) is 6.02. The van der Waals surface area contributed by atoms with Crippen LogP contribution in [0.5, 0.6) is 11.5 Å². The Morgan fingerprint density at radius 1 is 0.974 bits per heavy atom. The van der Waals surface area contributed by atoms with E-state index in [1.54, 1.807) is 31.2 Å². The normalized spacial score (nSPS) is 11.9. The van der Waals surface area contributed by atoms with Crippen LogP contribution in [-0.4, -0.2) is 50.5 Å². The molecule has 3 aromatic carbocycles. The fraction of sp³-hybridized carbons (Fsp3) is 0.310. The molecule has 8 nitrogen and oxygen atoms in total. The summed E-state index contributed by atoms with van der Waals surface area (Å²) in [5, 5.41) is 2.87. The van der Waals surface area contributed by atoms with Gasteiger partial charge >= 0.3 is 0 Å². The molecule has 0 saturated carbocycles. The molecule has 0 bridgehead atoms. The Balaban J connectivity index is 1.84. The maximum Gasteiger partial charge on any atom is 0.244 e. The molecular formula is C29H34BrN3O5S. The van der Waals surface area contributed by atoms with E-state index >= 15 is 0 Å². The summed E-state index contributed by atoms with van der Waals surface area (Å²) in [6.45, 7) is 3.86. The number of halogens is 1. The van der Waals surface area contributed by atoms with Crippen molar-refractivity contribution < 1.29 is 22.7 Å². The zero-order valence-electron chi connectivity index (χ0n) is 22.3. The van der Waals surface area contributed by atoms with E-state index in [2.05, 4.69) is 21.2 Å². The van der Waals surface area contributed by atoms with Gasteiger partial charge in [0.15, 0.2) is 0 Å². The van der Waals surface area contributed by atoms with Crippen LogP contribution < -0.4 is 14.4 Å². The Labute approximate surface area is 239 Å². The molecule has 39 heavy (non-hydrogen) atoms. The van der Waals surface area contributed by atoms with E-state index in [4.69, 9.17) is 4.74 Å². The van der Waals surface area contributed by atoms with Gasteiger partial charge in [0, 0.05) is 17.6 Å². The van der Waals surface area contributed by atoms with Crippen LogP contribution in [0.25, 0.3) is 0 Å². The van der Waals surface area contributed by atoms with E-state index in [9.17, 15) is 18.0 Å². The molecule has 2 amide bonds. The lowest BCUT2D eigenvalue weighted by molar-refractivity contribution is -0.139. The summed E-state index contributed by atoms with van der Waals surface area (Å²) in [5.41, 5.74) is 1.12. The molecule has 10 heteroatoms. The minimum atomic E-state index is -3.82. The van der Waals surface area contributed by atoms with E-state index < -0.39 is 28.5 Å². The molecule has 0 aromatic heterocycles. The molecule has 0 saturated heterocycles. The largest absolute Gasteiger partial charge is 0.457 e. The Bertz CT molecular complexity index is 1350. The minimum Gasteiger partial charge on any atom is -0.457 e. The van der Waals surface area contributed by atoms with Crippen LogP contribution in [-0.2, 0) is 26.2 Å². The van der Waals surface area contributed by atoms with Crippen molar-refractivity contribution in [3.8, 4) is 11.5 Å². The fourth-order valence-corrected chi connectivity index (χ4v) is 5.17. The first kappa shape index (κ1) is 30.2. The zero-order valence-corrected chi connectivity index (χ0v) is 24.7. The summed E-state index contributed by atoms with van der Waals surface area (Å²) in [5.74, 6) is 0.386. The molecule has 0 aliphatic carbocycles. The van der Waals surface area contributed by atoms with Gasteiger partial charge in [-0.25, -0.2) is 8.42 Å². The molecule has 3 rings (SSSR count). The molecule has 0 heterocycles. The number of amides is 2. The van der Waals surface area contributed by atoms with Gasteiger partial charge in [-0.1, -0.05) is 59.6 Å². The van der Waals surface area contributed by atoms with Gasteiger partial charge in [-0.15, -0.1) is 0 Å². The molecule has 3 aromatic rings. The number of unbranched alkanes of at least 4 members (excludes halogenated alkanes) is 1. The number of hydrogen-bond donors (Lipinski definition) is 1. The van der Waals surface area contributed by atoms with Crippen LogP contribution in [0.3, 0.4) is 0 Å². The fourth-order valence-electron chi connectivity index (χ4n) is 3.87. The second-order valence-corrected chi connectivity index (χ2v) is 12.0.